The van der Waals surface area contributed by atoms with Gasteiger partial charge in [0.1, 0.15) is 0 Å². The number of hydrogen-bond donors (Lipinski definition) is 3. The van der Waals surface area contributed by atoms with Gasteiger partial charge in [-0.15, -0.1) is 11.8 Å². The van der Waals surface area contributed by atoms with E-state index >= 15 is 0 Å². The molecule has 0 aromatic heterocycles. The minimum Gasteiger partial charge on any atom is -0.465 e. The zero-order valence-electron chi connectivity index (χ0n) is 12.3. The van der Waals surface area contributed by atoms with E-state index in [9.17, 15) is 9.59 Å². The first kappa shape index (κ1) is 16.2. The fraction of sp³-hybridized carbons (Fsp3) is 0.400. The third kappa shape index (κ3) is 3.92. The highest BCUT2D eigenvalue weighted by molar-refractivity contribution is 7.99. The topological polar surface area (TPSA) is 102 Å². The van der Waals surface area contributed by atoms with Crippen molar-refractivity contribution in [2.24, 2.45) is 5.92 Å². The van der Waals surface area contributed by atoms with Crippen LogP contribution in [0.2, 0.25) is 0 Å². The van der Waals surface area contributed by atoms with Crippen molar-refractivity contribution in [3.8, 4) is 6.07 Å². The Balaban J connectivity index is 2.14. The summed E-state index contributed by atoms with van der Waals surface area (Å²) in [5.41, 5.74) is 0.439. The molecule has 1 aromatic rings. The molecule has 7 heteroatoms. The van der Waals surface area contributed by atoms with Crippen molar-refractivity contribution in [2.45, 2.75) is 30.7 Å². The van der Waals surface area contributed by atoms with Crippen LogP contribution >= 0.6 is 11.8 Å². The van der Waals surface area contributed by atoms with Gasteiger partial charge in [-0.25, -0.2) is 4.79 Å². The Morgan fingerprint density at radius 2 is 2.32 bits per heavy atom. The van der Waals surface area contributed by atoms with Crippen LogP contribution in [0.5, 0.6) is 0 Å². The third-order valence-electron chi connectivity index (χ3n) is 3.38. The average Bonchev–Trinajstić information content (AvgIpc) is 2.56. The van der Waals surface area contributed by atoms with Gasteiger partial charge in [0.15, 0.2) is 0 Å². The molecule has 6 nitrogen and oxygen atoms in total. The molecule has 1 aliphatic rings. The monoisotopic (exact) mass is 319 g/mol. The first-order valence-corrected chi connectivity index (χ1v) is 7.78. The van der Waals surface area contributed by atoms with Gasteiger partial charge in [-0.05, 0) is 38.5 Å². The van der Waals surface area contributed by atoms with E-state index in [2.05, 4.69) is 10.6 Å². The molecule has 0 saturated carbocycles. The van der Waals surface area contributed by atoms with Crippen LogP contribution in [0.3, 0.4) is 0 Å². The SMILES string of the molecule is CC(C)(C[C@H]1CSc2ccc(C#N)cc2NC1=O)NC(=O)O. The van der Waals surface area contributed by atoms with E-state index in [-0.39, 0.29) is 11.8 Å². The molecule has 0 fully saturated rings. The largest absolute Gasteiger partial charge is 0.465 e. The van der Waals surface area contributed by atoms with E-state index in [0.29, 0.717) is 23.4 Å². The van der Waals surface area contributed by atoms with Crippen LogP contribution in [-0.2, 0) is 4.79 Å². The van der Waals surface area contributed by atoms with Gasteiger partial charge >= 0.3 is 6.09 Å². The van der Waals surface area contributed by atoms with Crippen molar-refractivity contribution < 1.29 is 14.7 Å². The molecule has 0 aliphatic carbocycles. The number of anilines is 1. The van der Waals surface area contributed by atoms with Gasteiger partial charge in [0.25, 0.3) is 0 Å². The number of hydrogen-bond acceptors (Lipinski definition) is 4. The van der Waals surface area contributed by atoms with E-state index in [1.807, 2.05) is 12.1 Å². The van der Waals surface area contributed by atoms with Gasteiger partial charge in [0.05, 0.1) is 17.3 Å². The Morgan fingerprint density at radius 3 is 2.95 bits per heavy atom. The molecular formula is C15H17N3O3S. The van der Waals surface area contributed by atoms with Crippen LogP contribution in [0, 0.1) is 17.2 Å². The van der Waals surface area contributed by atoms with Gasteiger partial charge in [-0.2, -0.15) is 5.26 Å². The second-order valence-electron chi connectivity index (χ2n) is 5.84. The lowest BCUT2D eigenvalue weighted by Gasteiger charge is -2.28. The Morgan fingerprint density at radius 1 is 1.59 bits per heavy atom. The fourth-order valence-electron chi connectivity index (χ4n) is 2.43. The lowest BCUT2D eigenvalue weighted by atomic mass is 9.91. The number of thioether (sulfide) groups is 1. The lowest BCUT2D eigenvalue weighted by Crippen LogP contribution is -2.45. The van der Waals surface area contributed by atoms with Gasteiger partial charge < -0.3 is 15.7 Å². The molecule has 116 valence electrons. The summed E-state index contributed by atoms with van der Waals surface area (Å²) in [6.07, 6.45) is -0.703. The normalized spacial score (nSPS) is 17.7. The van der Waals surface area contributed by atoms with Crippen molar-refractivity contribution in [3.63, 3.8) is 0 Å². The molecule has 0 bridgehead atoms. The van der Waals surface area contributed by atoms with Crippen LogP contribution in [-0.4, -0.2) is 28.4 Å². The van der Waals surface area contributed by atoms with Crippen molar-refractivity contribution >= 4 is 29.4 Å². The maximum absolute atomic E-state index is 12.4. The number of carbonyl (C=O) groups is 2. The van der Waals surface area contributed by atoms with Crippen LogP contribution in [0.4, 0.5) is 10.5 Å². The molecule has 2 rings (SSSR count). The molecule has 0 saturated heterocycles. The lowest BCUT2D eigenvalue weighted by molar-refractivity contribution is -0.119. The Labute approximate surface area is 132 Å². The predicted octanol–water partition coefficient (Wildman–Crippen LogP) is 2.65. The summed E-state index contributed by atoms with van der Waals surface area (Å²) in [6, 6.07) is 7.24. The summed E-state index contributed by atoms with van der Waals surface area (Å²) in [7, 11) is 0. The zero-order chi connectivity index (χ0) is 16.3. The van der Waals surface area contributed by atoms with Crippen LogP contribution in [0.15, 0.2) is 23.1 Å². The number of carbonyl (C=O) groups excluding carboxylic acids is 1. The van der Waals surface area contributed by atoms with Crippen LogP contribution < -0.4 is 10.6 Å². The number of fused-ring (bicyclic) bond motifs is 1. The molecule has 0 spiro atoms. The summed E-state index contributed by atoms with van der Waals surface area (Å²) in [6.45, 7) is 3.51. The second-order valence-corrected chi connectivity index (χ2v) is 6.90. The highest BCUT2D eigenvalue weighted by Gasteiger charge is 2.31. The van der Waals surface area contributed by atoms with Crippen LogP contribution in [0.25, 0.3) is 0 Å². The number of carboxylic acid groups (broad SMARTS) is 1. The maximum atomic E-state index is 12.4. The molecular weight excluding hydrogens is 302 g/mol. The Kier molecular flexibility index (Phi) is 4.62. The van der Waals surface area contributed by atoms with Crippen molar-refractivity contribution in [2.75, 3.05) is 11.1 Å². The van der Waals surface area contributed by atoms with Gasteiger partial charge in [0, 0.05) is 22.1 Å². The first-order chi connectivity index (χ1) is 10.3. The smallest absolute Gasteiger partial charge is 0.405 e. The standard InChI is InChI=1S/C15H17N3O3S/c1-15(2,18-14(20)21)6-10-8-22-12-4-3-9(7-16)5-11(12)17-13(10)19/h3-5,10,18H,6,8H2,1-2H3,(H,17,19)(H,20,21)/t10-/m0/s1. The van der Waals surface area contributed by atoms with Crippen molar-refractivity contribution in [1.82, 2.24) is 5.32 Å². The first-order valence-electron chi connectivity index (χ1n) is 6.80. The number of benzene rings is 1. The molecule has 3 N–H and O–H groups in total. The summed E-state index contributed by atoms with van der Waals surface area (Å²) in [4.78, 5) is 24.1. The quantitative estimate of drug-likeness (QED) is 0.795. The second kappa shape index (κ2) is 6.28. The van der Waals surface area contributed by atoms with E-state index < -0.39 is 11.6 Å². The Hall–Kier alpha value is -2.20. The highest BCUT2D eigenvalue weighted by atomic mass is 32.2. The minimum absolute atomic E-state index is 0.151. The van der Waals surface area contributed by atoms with Gasteiger partial charge in [0.2, 0.25) is 5.91 Å². The molecule has 1 aliphatic heterocycles. The molecule has 1 heterocycles. The van der Waals surface area contributed by atoms with Crippen LogP contribution in [0.1, 0.15) is 25.8 Å². The molecule has 0 unspecified atom stereocenters. The number of nitrogens with one attached hydrogen (secondary N) is 2. The van der Waals surface area contributed by atoms with E-state index in [4.69, 9.17) is 10.4 Å². The minimum atomic E-state index is -1.10. The fourth-order valence-corrected chi connectivity index (χ4v) is 3.51. The zero-order valence-corrected chi connectivity index (χ0v) is 13.2. The summed E-state index contributed by atoms with van der Waals surface area (Å²) < 4.78 is 0. The maximum Gasteiger partial charge on any atom is 0.405 e. The summed E-state index contributed by atoms with van der Waals surface area (Å²) in [5.74, 6) is 0.0986. The predicted molar refractivity (Wildman–Crippen MR) is 83.9 cm³/mol. The van der Waals surface area contributed by atoms with Gasteiger partial charge in [-0.3, -0.25) is 4.79 Å². The molecule has 1 aromatic carbocycles. The molecule has 0 radical (unpaired) electrons. The number of nitriles is 1. The van der Waals surface area contributed by atoms with Gasteiger partial charge in [-0.1, -0.05) is 0 Å². The summed E-state index contributed by atoms with van der Waals surface area (Å²) >= 11 is 1.53. The summed E-state index contributed by atoms with van der Waals surface area (Å²) in [5, 5.41) is 23.1. The number of nitrogens with zero attached hydrogens (tertiary/aromatic N) is 1. The van der Waals surface area contributed by atoms with Crippen molar-refractivity contribution in [1.29, 1.82) is 5.26 Å². The van der Waals surface area contributed by atoms with E-state index in [1.165, 1.54) is 11.8 Å². The molecule has 22 heavy (non-hydrogen) atoms. The molecule has 1 atom stereocenters. The van der Waals surface area contributed by atoms with E-state index in [1.54, 1.807) is 26.0 Å². The number of amides is 2. The third-order valence-corrected chi connectivity index (χ3v) is 4.62. The van der Waals surface area contributed by atoms with E-state index in [0.717, 1.165) is 4.90 Å². The Bertz CT molecular complexity index is 652. The highest BCUT2D eigenvalue weighted by Crippen LogP contribution is 2.35. The van der Waals surface area contributed by atoms with Crippen molar-refractivity contribution in [3.05, 3.63) is 23.8 Å². The number of rotatable bonds is 3. The average molecular weight is 319 g/mol. The molecule has 2 amide bonds.